The van der Waals surface area contributed by atoms with Crippen molar-refractivity contribution in [2.75, 3.05) is 25.8 Å². The molecule has 0 bridgehead atoms. The van der Waals surface area contributed by atoms with Gasteiger partial charge in [0.1, 0.15) is 18.2 Å². The van der Waals surface area contributed by atoms with Gasteiger partial charge in [-0.25, -0.2) is 9.67 Å². The van der Waals surface area contributed by atoms with E-state index in [-0.39, 0.29) is 0 Å². The van der Waals surface area contributed by atoms with Crippen LogP contribution < -0.4 is 15.4 Å². The molecule has 1 saturated heterocycles. The topological polar surface area (TPSA) is 91.0 Å². The lowest BCUT2D eigenvalue weighted by Gasteiger charge is -2.32. The van der Waals surface area contributed by atoms with Crippen molar-refractivity contribution in [2.24, 2.45) is 5.92 Å². The second-order valence-corrected chi connectivity index (χ2v) is 9.34. The summed E-state index contributed by atoms with van der Waals surface area (Å²) in [6.45, 7) is 8.56. The molecule has 9 nitrogen and oxygen atoms in total. The third-order valence-corrected chi connectivity index (χ3v) is 6.57. The van der Waals surface area contributed by atoms with Crippen molar-refractivity contribution in [1.82, 2.24) is 29.9 Å². The molecule has 3 atom stereocenters. The quantitative estimate of drug-likeness (QED) is 0.616. The van der Waals surface area contributed by atoms with Crippen LogP contribution in [0.1, 0.15) is 37.8 Å². The minimum Gasteiger partial charge on any atom is -0.481 e. The number of hydrogen-bond donors (Lipinski definition) is 2. The average Bonchev–Trinajstić information content (AvgIpc) is 3.29. The van der Waals surface area contributed by atoms with E-state index < -0.39 is 0 Å². The molecule has 2 N–H and O–H groups in total. The number of ether oxygens (including phenoxy) is 2. The van der Waals surface area contributed by atoms with E-state index in [2.05, 4.69) is 40.3 Å². The molecule has 0 saturated carbocycles. The standard InChI is InChI=1S/C24H33N7O2/c1-15-7-20(11-25-24(15)32-4)31-23-21(5-6-33-14-26-23)22(29-31)19-10-27-30(13-19)12-18-8-16(2)28-17(3)9-18/h7,10-11,13,16-18,26,28H,5-6,8-9,12,14H2,1-4H3/t16-,17+,18+. The second-order valence-electron chi connectivity index (χ2n) is 9.34. The van der Waals surface area contributed by atoms with E-state index in [1.807, 2.05) is 23.9 Å². The Hall–Kier alpha value is -2.91. The van der Waals surface area contributed by atoms with Crippen LogP contribution in [0.15, 0.2) is 24.7 Å². The highest BCUT2D eigenvalue weighted by Crippen LogP contribution is 2.33. The third-order valence-electron chi connectivity index (χ3n) is 6.57. The molecular weight excluding hydrogens is 418 g/mol. The summed E-state index contributed by atoms with van der Waals surface area (Å²) in [5, 5.41) is 16.7. The second kappa shape index (κ2) is 9.15. The van der Waals surface area contributed by atoms with Crippen molar-refractivity contribution in [3.63, 3.8) is 0 Å². The number of pyridine rings is 1. The first kappa shape index (κ1) is 21.9. The van der Waals surface area contributed by atoms with Crippen molar-refractivity contribution < 1.29 is 9.47 Å². The van der Waals surface area contributed by atoms with Gasteiger partial charge in [-0.3, -0.25) is 4.68 Å². The number of piperidine rings is 1. The maximum atomic E-state index is 5.69. The zero-order valence-corrected chi connectivity index (χ0v) is 19.8. The van der Waals surface area contributed by atoms with Gasteiger partial charge in [-0.15, -0.1) is 0 Å². The van der Waals surface area contributed by atoms with Crippen LogP contribution in [0.25, 0.3) is 16.9 Å². The number of aromatic nitrogens is 5. The predicted molar refractivity (Wildman–Crippen MR) is 127 cm³/mol. The van der Waals surface area contributed by atoms with E-state index in [4.69, 9.17) is 19.7 Å². The van der Waals surface area contributed by atoms with Crippen LogP contribution in [-0.4, -0.2) is 57.1 Å². The molecule has 0 aliphatic carbocycles. The monoisotopic (exact) mass is 451 g/mol. The van der Waals surface area contributed by atoms with Crippen LogP contribution in [-0.2, 0) is 17.7 Å². The van der Waals surface area contributed by atoms with Crippen molar-refractivity contribution in [2.45, 2.75) is 58.7 Å². The Kier molecular flexibility index (Phi) is 6.07. The minimum absolute atomic E-state index is 0.450. The molecular formula is C24H33N7O2. The number of fused-ring (bicyclic) bond motifs is 1. The van der Waals surface area contributed by atoms with Crippen LogP contribution in [0.3, 0.4) is 0 Å². The van der Waals surface area contributed by atoms with Crippen molar-refractivity contribution >= 4 is 5.82 Å². The average molecular weight is 452 g/mol. The predicted octanol–water partition coefficient (Wildman–Crippen LogP) is 3.17. The van der Waals surface area contributed by atoms with E-state index in [0.29, 0.717) is 37.2 Å². The number of aryl methyl sites for hydroxylation is 1. The molecule has 33 heavy (non-hydrogen) atoms. The van der Waals surface area contributed by atoms with Gasteiger partial charge in [0.15, 0.2) is 0 Å². The first-order valence-corrected chi connectivity index (χ1v) is 11.7. The first-order valence-electron chi connectivity index (χ1n) is 11.7. The molecule has 2 aliphatic heterocycles. The summed E-state index contributed by atoms with van der Waals surface area (Å²) in [4.78, 5) is 4.45. The summed E-state index contributed by atoms with van der Waals surface area (Å²) in [6.07, 6.45) is 8.99. The largest absolute Gasteiger partial charge is 0.481 e. The Morgan fingerprint density at radius 1 is 1.21 bits per heavy atom. The van der Waals surface area contributed by atoms with Gasteiger partial charge in [-0.05, 0) is 45.6 Å². The van der Waals surface area contributed by atoms with E-state index in [0.717, 1.165) is 46.9 Å². The molecule has 9 heteroatoms. The van der Waals surface area contributed by atoms with Crippen molar-refractivity contribution in [1.29, 1.82) is 0 Å². The zero-order valence-electron chi connectivity index (χ0n) is 19.8. The number of nitrogens with one attached hydrogen (secondary N) is 2. The SMILES string of the molecule is COc1ncc(-n2nc(-c3cnn(C[C@H]4C[C@@H](C)N[C@@H](C)C4)c3)c3c2NCOCC3)cc1C. The van der Waals surface area contributed by atoms with Gasteiger partial charge in [0.25, 0.3) is 0 Å². The summed E-state index contributed by atoms with van der Waals surface area (Å²) in [7, 11) is 1.63. The van der Waals surface area contributed by atoms with E-state index in [9.17, 15) is 0 Å². The summed E-state index contributed by atoms with van der Waals surface area (Å²) < 4.78 is 15.0. The molecule has 3 aromatic rings. The number of nitrogens with zero attached hydrogens (tertiary/aromatic N) is 5. The van der Waals surface area contributed by atoms with Gasteiger partial charge < -0.3 is 20.1 Å². The van der Waals surface area contributed by atoms with Gasteiger partial charge in [0.2, 0.25) is 5.88 Å². The van der Waals surface area contributed by atoms with Gasteiger partial charge in [-0.1, -0.05) is 0 Å². The number of methoxy groups -OCH3 is 1. The molecule has 1 fully saturated rings. The number of hydrogen-bond acceptors (Lipinski definition) is 7. The zero-order chi connectivity index (χ0) is 22.9. The molecule has 3 aromatic heterocycles. The number of rotatable bonds is 5. The Morgan fingerprint density at radius 2 is 2.03 bits per heavy atom. The lowest BCUT2D eigenvalue weighted by molar-refractivity contribution is 0.159. The van der Waals surface area contributed by atoms with Crippen LogP contribution in [0.4, 0.5) is 5.82 Å². The fraction of sp³-hybridized carbons (Fsp3) is 0.542. The fourth-order valence-corrected chi connectivity index (χ4v) is 5.25. The number of anilines is 1. The maximum absolute atomic E-state index is 5.69. The van der Waals surface area contributed by atoms with E-state index >= 15 is 0 Å². The van der Waals surface area contributed by atoms with E-state index in [1.165, 1.54) is 12.8 Å². The Bertz CT molecular complexity index is 1110. The van der Waals surface area contributed by atoms with Gasteiger partial charge >= 0.3 is 0 Å². The lowest BCUT2D eigenvalue weighted by atomic mass is 9.89. The van der Waals surface area contributed by atoms with Crippen molar-refractivity contribution in [3.8, 4) is 22.8 Å². The molecule has 0 spiro atoms. The highest BCUT2D eigenvalue weighted by atomic mass is 16.5. The Balaban J connectivity index is 1.47. The van der Waals surface area contributed by atoms with Gasteiger partial charge in [-0.2, -0.15) is 10.2 Å². The Labute approximate surface area is 194 Å². The van der Waals surface area contributed by atoms with Crippen LogP contribution in [0.2, 0.25) is 0 Å². The molecule has 0 amide bonds. The highest BCUT2D eigenvalue weighted by Gasteiger charge is 2.26. The molecule has 5 rings (SSSR count). The molecule has 0 aromatic carbocycles. The molecule has 5 heterocycles. The van der Waals surface area contributed by atoms with Gasteiger partial charge in [0, 0.05) is 47.9 Å². The molecule has 0 unspecified atom stereocenters. The highest BCUT2D eigenvalue weighted by molar-refractivity contribution is 5.70. The normalized spacial score (nSPS) is 23.0. The smallest absolute Gasteiger partial charge is 0.216 e. The molecule has 0 radical (unpaired) electrons. The van der Waals surface area contributed by atoms with Gasteiger partial charge in [0.05, 0.1) is 31.8 Å². The van der Waals surface area contributed by atoms with Crippen LogP contribution >= 0.6 is 0 Å². The Morgan fingerprint density at radius 3 is 2.79 bits per heavy atom. The fourth-order valence-electron chi connectivity index (χ4n) is 5.25. The van der Waals surface area contributed by atoms with Crippen LogP contribution in [0, 0.1) is 12.8 Å². The minimum atomic E-state index is 0.450. The maximum Gasteiger partial charge on any atom is 0.216 e. The summed E-state index contributed by atoms with van der Waals surface area (Å²) >= 11 is 0. The van der Waals surface area contributed by atoms with Crippen molar-refractivity contribution in [3.05, 3.63) is 35.8 Å². The summed E-state index contributed by atoms with van der Waals surface area (Å²) in [6, 6.07) is 3.14. The third kappa shape index (κ3) is 4.47. The molecule has 176 valence electrons. The first-order chi connectivity index (χ1) is 16.0. The summed E-state index contributed by atoms with van der Waals surface area (Å²) in [5.41, 5.74) is 4.96. The molecule has 2 aliphatic rings. The van der Waals surface area contributed by atoms with Crippen LogP contribution in [0.5, 0.6) is 5.88 Å². The summed E-state index contributed by atoms with van der Waals surface area (Å²) in [5.74, 6) is 2.20. The van der Waals surface area contributed by atoms with E-state index in [1.54, 1.807) is 13.3 Å². The lowest BCUT2D eigenvalue weighted by Crippen LogP contribution is -2.43.